The van der Waals surface area contributed by atoms with Gasteiger partial charge in [0.1, 0.15) is 4.90 Å². The van der Waals surface area contributed by atoms with Crippen molar-refractivity contribution in [1.82, 2.24) is 10.2 Å². The second kappa shape index (κ2) is 9.27. The van der Waals surface area contributed by atoms with E-state index in [1.54, 1.807) is 30.5 Å². The van der Waals surface area contributed by atoms with Crippen molar-refractivity contribution in [3.05, 3.63) is 64.8 Å². The molecule has 0 saturated carbocycles. The highest BCUT2D eigenvalue weighted by molar-refractivity contribution is 7.92. The number of nitrogens with one attached hydrogen (secondary N) is 2. The topological polar surface area (TPSA) is 96.5 Å². The van der Waals surface area contributed by atoms with Gasteiger partial charge in [-0.25, -0.2) is 8.42 Å². The molecule has 4 rings (SSSR count). The van der Waals surface area contributed by atoms with Crippen LogP contribution in [0.3, 0.4) is 0 Å². The molecular formula is C20H19Cl2N5O3S. The number of anilines is 4. The average molecular weight is 480 g/mol. The number of hydrogen-bond donors (Lipinski definition) is 2. The highest BCUT2D eigenvalue weighted by atomic mass is 35.5. The molecule has 1 aromatic heterocycles. The first kappa shape index (κ1) is 21.6. The van der Waals surface area contributed by atoms with Crippen molar-refractivity contribution in [2.75, 3.05) is 41.2 Å². The van der Waals surface area contributed by atoms with Crippen molar-refractivity contribution in [2.24, 2.45) is 0 Å². The molecule has 31 heavy (non-hydrogen) atoms. The Morgan fingerprint density at radius 2 is 1.68 bits per heavy atom. The lowest BCUT2D eigenvalue weighted by Crippen LogP contribution is -2.36. The summed E-state index contributed by atoms with van der Waals surface area (Å²) in [5, 5.41) is 11.7. The fourth-order valence-electron chi connectivity index (χ4n) is 3.07. The molecule has 2 aromatic carbocycles. The molecule has 1 fully saturated rings. The fourth-order valence-corrected chi connectivity index (χ4v) is 4.90. The van der Waals surface area contributed by atoms with Crippen LogP contribution in [-0.4, -0.2) is 44.9 Å². The lowest BCUT2D eigenvalue weighted by molar-refractivity contribution is 0.122. The Morgan fingerprint density at radius 1 is 0.968 bits per heavy atom. The summed E-state index contributed by atoms with van der Waals surface area (Å²) in [7, 11) is -3.88. The summed E-state index contributed by atoms with van der Waals surface area (Å²) in [6, 6.07) is 12.9. The van der Waals surface area contributed by atoms with E-state index >= 15 is 0 Å². The lowest BCUT2D eigenvalue weighted by Gasteiger charge is -2.28. The van der Waals surface area contributed by atoms with Crippen LogP contribution in [-0.2, 0) is 14.8 Å². The molecule has 0 bridgehead atoms. The van der Waals surface area contributed by atoms with Crippen LogP contribution in [0.2, 0.25) is 10.0 Å². The van der Waals surface area contributed by atoms with Crippen LogP contribution in [0.4, 0.5) is 22.9 Å². The summed E-state index contributed by atoms with van der Waals surface area (Å²) in [4.78, 5) is 2.10. The largest absolute Gasteiger partial charge is 0.378 e. The fraction of sp³-hybridized carbons (Fsp3) is 0.200. The highest BCUT2D eigenvalue weighted by Crippen LogP contribution is 2.27. The van der Waals surface area contributed by atoms with Crippen LogP contribution in [0.1, 0.15) is 0 Å². The summed E-state index contributed by atoms with van der Waals surface area (Å²) in [6.45, 7) is 2.97. The Morgan fingerprint density at radius 3 is 2.42 bits per heavy atom. The number of ether oxygens (including phenoxy) is 1. The summed E-state index contributed by atoms with van der Waals surface area (Å²) < 4.78 is 33.2. The van der Waals surface area contributed by atoms with Gasteiger partial charge in [-0.05, 0) is 42.5 Å². The van der Waals surface area contributed by atoms with Gasteiger partial charge in [-0.1, -0.05) is 23.2 Å². The molecule has 162 valence electrons. The van der Waals surface area contributed by atoms with E-state index < -0.39 is 10.0 Å². The third-order valence-corrected chi connectivity index (χ3v) is 6.71. The Balaban J connectivity index is 1.46. The van der Waals surface area contributed by atoms with Crippen LogP contribution in [0.15, 0.2) is 59.6 Å². The molecule has 3 aromatic rings. The number of benzene rings is 2. The molecule has 0 radical (unpaired) electrons. The normalized spacial score (nSPS) is 14.3. The molecule has 1 aliphatic rings. The second-order valence-corrected chi connectivity index (χ2v) is 9.28. The quantitative estimate of drug-likeness (QED) is 0.547. The van der Waals surface area contributed by atoms with Crippen LogP contribution in [0, 0.1) is 0 Å². The number of halogens is 2. The van der Waals surface area contributed by atoms with E-state index in [4.69, 9.17) is 27.9 Å². The molecule has 2 heterocycles. The van der Waals surface area contributed by atoms with Crippen molar-refractivity contribution in [3.8, 4) is 0 Å². The van der Waals surface area contributed by atoms with E-state index in [0.29, 0.717) is 24.7 Å². The van der Waals surface area contributed by atoms with Crippen LogP contribution >= 0.6 is 23.2 Å². The minimum absolute atomic E-state index is 0.0842. The molecule has 1 aliphatic heterocycles. The summed E-state index contributed by atoms with van der Waals surface area (Å²) in [5.74, 6) is 0.586. The van der Waals surface area contributed by atoms with Gasteiger partial charge in [-0.3, -0.25) is 4.72 Å². The lowest BCUT2D eigenvalue weighted by atomic mass is 10.3. The Bertz CT molecular complexity index is 1170. The minimum atomic E-state index is -3.88. The smallest absolute Gasteiger partial charge is 0.263 e. The molecule has 0 atom stereocenters. The van der Waals surface area contributed by atoms with Gasteiger partial charge < -0.3 is 15.0 Å². The van der Waals surface area contributed by atoms with Crippen molar-refractivity contribution in [2.45, 2.75) is 4.90 Å². The van der Waals surface area contributed by atoms with Gasteiger partial charge in [-0.2, -0.15) is 5.10 Å². The van der Waals surface area contributed by atoms with Crippen LogP contribution in [0.5, 0.6) is 0 Å². The molecule has 0 aliphatic carbocycles. The predicted octanol–water partition coefficient (Wildman–Crippen LogP) is 4.16. The van der Waals surface area contributed by atoms with E-state index in [-0.39, 0.29) is 14.9 Å². The summed E-state index contributed by atoms with van der Waals surface area (Å²) in [6.07, 6.45) is 1.72. The van der Waals surface area contributed by atoms with E-state index in [1.807, 2.05) is 6.07 Å². The SMILES string of the molecule is O=S(=O)(Nc1ccc(Nc2cc(N3CCOCC3)cnn2)cc1)c1cc(Cl)ccc1Cl. The highest BCUT2D eigenvalue weighted by Gasteiger charge is 2.19. The maximum atomic E-state index is 12.6. The number of aromatic nitrogens is 2. The zero-order chi connectivity index (χ0) is 21.8. The van der Waals surface area contributed by atoms with E-state index in [0.717, 1.165) is 24.5 Å². The number of nitrogens with zero attached hydrogens (tertiary/aromatic N) is 3. The predicted molar refractivity (Wildman–Crippen MR) is 122 cm³/mol. The molecule has 0 amide bonds. The van der Waals surface area contributed by atoms with Gasteiger partial charge >= 0.3 is 0 Å². The monoisotopic (exact) mass is 479 g/mol. The maximum Gasteiger partial charge on any atom is 0.263 e. The summed E-state index contributed by atoms with van der Waals surface area (Å²) in [5.41, 5.74) is 2.08. The minimum Gasteiger partial charge on any atom is -0.378 e. The van der Waals surface area contributed by atoms with Crippen LogP contribution in [0.25, 0.3) is 0 Å². The van der Waals surface area contributed by atoms with Gasteiger partial charge in [0.15, 0.2) is 5.82 Å². The number of rotatable bonds is 6. The Kier molecular flexibility index (Phi) is 6.47. The molecule has 8 nitrogen and oxygen atoms in total. The van der Waals surface area contributed by atoms with Gasteiger partial charge in [0, 0.05) is 35.6 Å². The first-order valence-electron chi connectivity index (χ1n) is 9.41. The van der Waals surface area contributed by atoms with Gasteiger partial charge in [0.25, 0.3) is 10.0 Å². The zero-order valence-electron chi connectivity index (χ0n) is 16.3. The number of hydrogen-bond acceptors (Lipinski definition) is 7. The Labute approximate surface area is 190 Å². The van der Waals surface area contributed by atoms with E-state index in [1.165, 1.54) is 18.2 Å². The standard InChI is InChI=1S/C20H19Cl2N5O3S/c21-14-1-6-18(22)19(11-14)31(28,29)26-16-4-2-15(3-5-16)24-20-12-17(13-23-25-20)27-7-9-30-10-8-27/h1-6,11-13,26H,7-10H2,(H,24,25). The average Bonchev–Trinajstić information content (AvgIpc) is 2.77. The number of morpholine rings is 1. The third kappa shape index (κ3) is 5.37. The zero-order valence-corrected chi connectivity index (χ0v) is 18.6. The molecule has 1 saturated heterocycles. The van der Waals surface area contributed by atoms with Crippen molar-refractivity contribution >= 4 is 56.1 Å². The van der Waals surface area contributed by atoms with Crippen LogP contribution < -0.4 is 14.9 Å². The third-order valence-electron chi connectivity index (χ3n) is 4.61. The van der Waals surface area contributed by atoms with E-state index in [9.17, 15) is 8.42 Å². The Hall–Kier alpha value is -2.59. The number of sulfonamides is 1. The first-order chi connectivity index (χ1) is 14.9. The molecular weight excluding hydrogens is 461 g/mol. The van der Waals surface area contributed by atoms with Gasteiger partial charge in [-0.15, -0.1) is 5.10 Å². The first-order valence-corrected chi connectivity index (χ1v) is 11.6. The van der Waals surface area contributed by atoms with E-state index in [2.05, 4.69) is 25.1 Å². The van der Waals surface area contributed by atoms with Gasteiger partial charge in [0.2, 0.25) is 0 Å². The molecule has 0 spiro atoms. The summed E-state index contributed by atoms with van der Waals surface area (Å²) >= 11 is 11.9. The molecule has 0 unspecified atom stereocenters. The van der Waals surface area contributed by atoms with Crippen molar-refractivity contribution < 1.29 is 13.2 Å². The van der Waals surface area contributed by atoms with Crippen molar-refractivity contribution in [1.29, 1.82) is 0 Å². The molecule has 2 N–H and O–H groups in total. The van der Waals surface area contributed by atoms with Gasteiger partial charge in [0.05, 0.1) is 30.1 Å². The van der Waals surface area contributed by atoms with Crippen molar-refractivity contribution in [3.63, 3.8) is 0 Å². The maximum absolute atomic E-state index is 12.6. The second-order valence-electron chi connectivity index (χ2n) is 6.78. The molecule has 11 heteroatoms.